The van der Waals surface area contributed by atoms with Crippen LogP contribution >= 0.6 is 0 Å². The summed E-state index contributed by atoms with van der Waals surface area (Å²) in [5.74, 6) is -20.7. The third-order valence-electron chi connectivity index (χ3n) is 19.3. The van der Waals surface area contributed by atoms with E-state index in [4.69, 9.17) is 10.8 Å². The molecule has 0 bridgehead atoms. The Bertz CT molecular complexity index is 4630. The number of para-hydroxylation sites is 1. The van der Waals surface area contributed by atoms with E-state index < -0.39 is 237 Å². The van der Waals surface area contributed by atoms with Crippen molar-refractivity contribution in [2.45, 2.75) is 146 Å². The smallest absolute Gasteiger partial charge is 0.322 e. The highest BCUT2D eigenvalue weighted by molar-refractivity contribution is 6.02. The number of fused-ring (bicyclic) bond motifs is 1. The quantitative estimate of drug-likeness (QED) is 0.0179. The summed E-state index contributed by atoms with van der Waals surface area (Å²) < 4.78 is 0. The van der Waals surface area contributed by atoms with Gasteiger partial charge in [-0.3, -0.25) is 86.3 Å². The van der Waals surface area contributed by atoms with E-state index in [0.717, 1.165) is 0 Å². The molecule has 1 aliphatic heterocycles. The standard InChI is InChI=1S/C79H100N20O21/c1-5-42(3)68-78(119)88-38-66(108)91-55(28-47-32-82-51-20-14-13-19-50(47)51)71(112)87-37-65(107)93-57(30-60(80)102)75(116)95-58(31-61(103)83-35-63(105)90-53(76(117)98-68)26-45-17-11-8-12-18-45)77(118)99-69(43(4)6-2)79(120)96-52(25-44-15-9-7-10-16-44)70(111)86-36-64(106)92-56(29-48-33-81-41-89-48)74(115)94-54(27-46-21-23-49(101)24-22-46)73(114)97-59(40-100)72(113)85-34-62(104)84-39-67(109)110/h7-24,32-33,41-43,52-59,68-69,82,100-101H,5-6,25-31,34-40H2,1-4H3,(H2,80,102)(H,81,89)(H,83,103)(H,84,104)(H,85,113)(H,86,111)(H,87,112)(H,88,119)(H,90,105)(H,91,108)(H,92,106)(H,93,107)(H,94,115)(H,95,116)(H,96,120)(H,97,114)(H,98,117)(H,99,118)(H,109,110). The number of nitrogens with two attached hydrogens (primary N) is 1. The Morgan fingerprint density at radius 2 is 1.04 bits per heavy atom. The number of aromatic amines is 2. The molecule has 2 aromatic heterocycles. The number of H-pyrrole nitrogens is 2. The number of nitrogens with zero attached hydrogens (tertiary/aromatic N) is 1. The Hall–Kier alpha value is -14.1. The van der Waals surface area contributed by atoms with Crippen LogP contribution in [0.4, 0.5) is 0 Å². The summed E-state index contributed by atoms with van der Waals surface area (Å²) in [5.41, 5.74) is 8.42. The number of amides is 17. The molecule has 41 heteroatoms. The Morgan fingerprint density at radius 1 is 0.508 bits per heavy atom. The van der Waals surface area contributed by atoms with Crippen molar-refractivity contribution < 1.29 is 102 Å². The molecule has 1 aliphatic rings. The van der Waals surface area contributed by atoms with Crippen LogP contribution in [0.2, 0.25) is 0 Å². The van der Waals surface area contributed by atoms with Crippen LogP contribution in [0.3, 0.4) is 0 Å². The van der Waals surface area contributed by atoms with E-state index in [1.165, 1.54) is 43.7 Å². The van der Waals surface area contributed by atoms with Crippen LogP contribution in [0, 0.1) is 11.8 Å². The number of aromatic hydroxyl groups is 1. The molecule has 0 spiro atoms. The number of aromatic nitrogens is 3. The number of phenols is 1. The average Bonchev–Trinajstić information content (AvgIpc) is 1.62. The number of hydrogen-bond acceptors (Lipinski definition) is 21. The lowest BCUT2D eigenvalue weighted by Gasteiger charge is -2.29. The fraction of sp³-hybridized carbons (Fsp3) is 0.405. The van der Waals surface area contributed by atoms with Gasteiger partial charge in [0.1, 0.15) is 72.7 Å². The zero-order valence-corrected chi connectivity index (χ0v) is 66.1. The number of benzene rings is 4. The van der Waals surface area contributed by atoms with Gasteiger partial charge in [-0.1, -0.05) is 132 Å². The van der Waals surface area contributed by atoms with Gasteiger partial charge < -0.3 is 116 Å². The van der Waals surface area contributed by atoms with Crippen molar-refractivity contribution in [3.05, 3.63) is 156 Å². The summed E-state index contributed by atoms with van der Waals surface area (Å²) in [5, 5.41) is 68.5. The van der Waals surface area contributed by atoms with Crippen LogP contribution in [0.5, 0.6) is 5.75 Å². The van der Waals surface area contributed by atoms with E-state index in [0.29, 0.717) is 39.6 Å². The molecule has 120 heavy (non-hydrogen) atoms. The molecule has 3 heterocycles. The number of rotatable bonds is 34. The molecule has 0 saturated carbocycles. The summed E-state index contributed by atoms with van der Waals surface area (Å²) in [6.07, 6.45) is 1.29. The van der Waals surface area contributed by atoms with Crippen molar-refractivity contribution in [2.24, 2.45) is 17.6 Å². The lowest BCUT2D eigenvalue weighted by atomic mass is 9.96. The molecule has 12 unspecified atom stereocenters. The second-order valence-corrected chi connectivity index (χ2v) is 28.4. The highest BCUT2D eigenvalue weighted by Crippen LogP contribution is 2.21. The first-order valence-electron chi connectivity index (χ1n) is 38.4. The van der Waals surface area contributed by atoms with Crippen LogP contribution in [0.1, 0.15) is 81.3 Å². The molecule has 0 aliphatic carbocycles. The number of imidazole rings is 1. The minimum absolute atomic E-state index is 0.116. The predicted octanol–water partition coefficient (Wildman–Crippen LogP) is -5.90. The van der Waals surface area contributed by atoms with Gasteiger partial charge in [0.25, 0.3) is 0 Å². The fourth-order valence-corrected chi connectivity index (χ4v) is 12.4. The van der Waals surface area contributed by atoms with E-state index >= 15 is 0 Å². The summed E-state index contributed by atoms with van der Waals surface area (Å²) in [6, 6.07) is 12.4. The average molecular weight is 1670 g/mol. The Morgan fingerprint density at radius 3 is 1.64 bits per heavy atom. The number of carbonyl (C=O) groups excluding carboxylic acids is 17. The molecule has 4 aromatic carbocycles. The molecular weight excluding hydrogens is 1560 g/mol. The SMILES string of the molecule is CCC(C)C1NC(=O)C(Cc2ccccc2)NC(=O)CNC(=O)CC(C(=O)NC(C(=O)NC(Cc2ccccc2)C(=O)NCC(=O)NC(Cc2cnc[nH]2)C(=O)NC(Cc2ccc(O)cc2)C(=O)NC(CO)C(=O)NCC(=O)NCC(=O)O)C(C)CC)NC(=O)C(CC(N)=O)NC(=O)CNC(=O)C(Cc2c[nH]c3ccccc23)NC(=O)CNC1=O. The van der Waals surface area contributed by atoms with Crippen molar-refractivity contribution in [2.75, 3.05) is 45.9 Å². The second kappa shape index (κ2) is 46.6. The van der Waals surface area contributed by atoms with Gasteiger partial charge >= 0.3 is 5.97 Å². The maximum atomic E-state index is 15.0. The molecule has 12 atom stereocenters. The monoisotopic (exact) mass is 1660 g/mol. The highest BCUT2D eigenvalue weighted by atomic mass is 16.4. The van der Waals surface area contributed by atoms with Crippen LogP contribution in [0.15, 0.2) is 128 Å². The first-order valence-corrected chi connectivity index (χ1v) is 38.4. The molecule has 17 amide bonds. The third-order valence-corrected chi connectivity index (χ3v) is 19.3. The summed E-state index contributed by atoms with van der Waals surface area (Å²) in [7, 11) is 0. The van der Waals surface area contributed by atoms with Crippen LogP contribution < -0.4 is 90.8 Å². The van der Waals surface area contributed by atoms with E-state index in [1.54, 1.807) is 112 Å². The summed E-state index contributed by atoms with van der Waals surface area (Å²) in [6.45, 7) is 0.553. The zero-order valence-electron chi connectivity index (χ0n) is 66.1. The number of aliphatic hydroxyl groups is 1. The molecule has 0 radical (unpaired) electrons. The maximum absolute atomic E-state index is 15.0. The molecule has 23 N–H and O–H groups in total. The molecule has 1 saturated heterocycles. The van der Waals surface area contributed by atoms with Crippen molar-refractivity contribution in [1.82, 2.24) is 100 Å². The predicted molar refractivity (Wildman–Crippen MR) is 426 cm³/mol. The van der Waals surface area contributed by atoms with Crippen LogP contribution in [0.25, 0.3) is 10.9 Å². The molecule has 6 aromatic rings. The van der Waals surface area contributed by atoms with Gasteiger partial charge in [-0.05, 0) is 52.3 Å². The van der Waals surface area contributed by atoms with Gasteiger partial charge in [0, 0.05) is 61.1 Å². The molecule has 7 rings (SSSR count). The molecule has 1 fully saturated rings. The third kappa shape index (κ3) is 30.2. The number of hydrogen-bond donors (Lipinski definition) is 22. The number of phenolic OH excluding ortho intramolecular Hbond substituents is 1. The topological polar surface area (TPSA) is 631 Å². The number of nitrogens with one attached hydrogen (secondary N) is 18. The maximum Gasteiger partial charge on any atom is 0.322 e. The Labute approximate surface area is 687 Å². The van der Waals surface area contributed by atoms with Gasteiger partial charge in [0.05, 0.1) is 58.5 Å². The first kappa shape index (κ1) is 93.0. The number of aliphatic carboxylic acids is 1. The number of carboxylic acids is 1. The number of carboxylic acid groups (broad SMARTS) is 1. The van der Waals surface area contributed by atoms with Crippen LogP contribution in [-0.2, 0) is 118 Å². The second-order valence-electron chi connectivity index (χ2n) is 28.4. The normalized spacial score (nSPS) is 18.4. The Balaban J connectivity index is 1.13. The lowest BCUT2D eigenvalue weighted by molar-refractivity contribution is -0.138. The van der Waals surface area contributed by atoms with Crippen molar-refractivity contribution in [3.63, 3.8) is 0 Å². The van der Waals surface area contributed by atoms with E-state index in [9.17, 15) is 96.5 Å². The van der Waals surface area contributed by atoms with E-state index in [-0.39, 0.29) is 50.0 Å². The Kier molecular flexibility index (Phi) is 36.1. The van der Waals surface area contributed by atoms with E-state index in [1.807, 2.05) is 5.32 Å². The largest absolute Gasteiger partial charge is 0.508 e. The number of primary amides is 1. The molecule has 642 valence electrons. The highest BCUT2D eigenvalue weighted by Gasteiger charge is 2.38. The summed E-state index contributed by atoms with van der Waals surface area (Å²) in [4.78, 5) is 259. The minimum atomic E-state index is -2.09. The first-order chi connectivity index (χ1) is 57.3. The van der Waals surface area contributed by atoms with Gasteiger partial charge in [0.2, 0.25) is 100 Å². The lowest BCUT2D eigenvalue weighted by Crippen LogP contribution is -2.61. The van der Waals surface area contributed by atoms with Crippen molar-refractivity contribution >= 4 is 117 Å². The fourth-order valence-electron chi connectivity index (χ4n) is 12.4. The molecular formula is C79H100N20O21. The van der Waals surface area contributed by atoms with Crippen molar-refractivity contribution in [1.29, 1.82) is 0 Å². The molecule has 41 nitrogen and oxygen atoms in total. The van der Waals surface area contributed by atoms with Crippen molar-refractivity contribution in [3.8, 4) is 5.75 Å². The number of carbonyl (C=O) groups is 18. The number of aliphatic hydroxyl groups excluding tert-OH is 1. The van der Waals surface area contributed by atoms with E-state index in [2.05, 4.69) is 94.7 Å². The zero-order chi connectivity index (χ0) is 87.5. The van der Waals surface area contributed by atoms with Gasteiger partial charge in [-0.15, -0.1) is 0 Å². The van der Waals surface area contributed by atoms with Gasteiger partial charge in [0.15, 0.2) is 0 Å². The van der Waals surface area contributed by atoms with Crippen LogP contribution in [-0.4, -0.2) is 243 Å². The minimum Gasteiger partial charge on any atom is -0.508 e. The van der Waals surface area contributed by atoms with Gasteiger partial charge in [-0.25, -0.2) is 4.98 Å². The summed E-state index contributed by atoms with van der Waals surface area (Å²) >= 11 is 0. The van der Waals surface area contributed by atoms with Gasteiger partial charge in [-0.2, -0.15) is 0 Å².